The van der Waals surface area contributed by atoms with Gasteiger partial charge < -0.3 is 39.2 Å². The van der Waals surface area contributed by atoms with E-state index in [1.54, 1.807) is 11.3 Å². The second kappa shape index (κ2) is 20.8. The summed E-state index contributed by atoms with van der Waals surface area (Å²) in [4.78, 5) is 44.7. The van der Waals surface area contributed by atoms with Crippen molar-refractivity contribution in [3.05, 3.63) is 41.0 Å². The maximum absolute atomic E-state index is 13.9. The third kappa shape index (κ3) is 14.2. The first-order chi connectivity index (χ1) is 23.4. The van der Waals surface area contributed by atoms with Crippen LogP contribution in [0.5, 0.6) is 0 Å². The van der Waals surface area contributed by atoms with E-state index in [2.05, 4.69) is 4.98 Å². The highest BCUT2D eigenvalue weighted by molar-refractivity contribution is 7.13. The van der Waals surface area contributed by atoms with Gasteiger partial charge in [0.2, 0.25) is 5.91 Å². The number of Topliss-reactive ketones (excluding diaryl/α,β-unsaturated/α-hetero) is 1. The number of rotatable bonds is 23. The number of nitrogens with zero attached hydrogens (tertiary/aromatic N) is 2. The lowest BCUT2D eigenvalue weighted by atomic mass is 9.76. The number of carboxylic acids is 1. The molecule has 0 radical (unpaired) electrons. The predicted molar refractivity (Wildman–Crippen MR) is 185 cm³/mol. The van der Waals surface area contributed by atoms with Crippen molar-refractivity contribution in [3.8, 4) is 10.4 Å². The zero-order valence-corrected chi connectivity index (χ0v) is 30.1. The van der Waals surface area contributed by atoms with Crippen molar-refractivity contribution in [2.75, 3.05) is 59.4 Å². The largest absolute Gasteiger partial charge is 0.481 e. The number of carboxylic acid groups (broad SMARTS) is 1. The van der Waals surface area contributed by atoms with E-state index >= 15 is 0 Å². The second-order valence-electron chi connectivity index (χ2n) is 13.5. The first-order valence-corrected chi connectivity index (χ1v) is 18.0. The van der Waals surface area contributed by atoms with Gasteiger partial charge in [-0.05, 0) is 42.7 Å². The molecule has 1 aliphatic heterocycles. The standard InChI is InChI=1S/C36H54N2O10S/c1-25-34(49-24-37-25)27-8-5-26(6-9-27)7-10-32(41)31-22-29(40)23-38(31)35(44)30(36(2,3)4)21-28(39)11-13-45-15-17-47-19-20-48-18-16-46-14-12-33(42)43/h5-6,8-9,24,28-31,39-40H,7,10-23H2,1-4H3,(H,42,43)/t28?,29-,30-,31+/m1/s1. The van der Waals surface area contributed by atoms with Crippen LogP contribution in [0.3, 0.4) is 0 Å². The first kappa shape index (κ1) is 40.6. The molecule has 3 N–H and O–H groups in total. The van der Waals surface area contributed by atoms with Gasteiger partial charge in [0, 0.05) is 31.9 Å². The average Bonchev–Trinajstić information content (AvgIpc) is 3.67. The molecule has 1 fully saturated rings. The van der Waals surface area contributed by atoms with Gasteiger partial charge in [0.25, 0.3) is 0 Å². The molecular weight excluding hydrogens is 652 g/mol. The number of thiazole rings is 1. The molecule has 1 aliphatic rings. The van der Waals surface area contributed by atoms with E-state index in [1.807, 2.05) is 57.5 Å². The number of amides is 1. The van der Waals surface area contributed by atoms with Crippen LogP contribution in [0.4, 0.5) is 0 Å². The first-order valence-electron chi connectivity index (χ1n) is 17.1. The number of hydrogen-bond donors (Lipinski definition) is 3. The summed E-state index contributed by atoms with van der Waals surface area (Å²) in [6, 6.07) is 7.44. The Kier molecular flexibility index (Phi) is 17.2. The van der Waals surface area contributed by atoms with Crippen molar-refractivity contribution in [2.45, 2.75) is 84.5 Å². The van der Waals surface area contributed by atoms with Crippen molar-refractivity contribution >= 4 is 29.0 Å². The molecule has 1 unspecified atom stereocenters. The van der Waals surface area contributed by atoms with Crippen molar-refractivity contribution in [1.29, 1.82) is 0 Å². The lowest BCUT2D eigenvalue weighted by molar-refractivity contribution is -0.145. The third-order valence-corrected chi connectivity index (χ3v) is 9.56. The molecule has 1 aromatic carbocycles. The highest BCUT2D eigenvalue weighted by Crippen LogP contribution is 2.35. The lowest BCUT2D eigenvalue weighted by Gasteiger charge is -2.36. The minimum absolute atomic E-state index is 0.0333. The molecule has 0 saturated carbocycles. The summed E-state index contributed by atoms with van der Waals surface area (Å²) in [6.07, 6.45) is 0.0174. The van der Waals surface area contributed by atoms with Crippen molar-refractivity contribution in [3.63, 3.8) is 0 Å². The van der Waals surface area contributed by atoms with Gasteiger partial charge in [0.15, 0.2) is 5.78 Å². The Morgan fingerprint density at radius 1 is 0.939 bits per heavy atom. The Hall–Kier alpha value is -2.78. The summed E-state index contributed by atoms with van der Waals surface area (Å²) in [5.41, 5.74) is 4.47. The molecule has 1 aromatic heterocycles. The number of likely N-dealkylation sites (tertiary alicyclic amines) is 1. The molecule has 12 nitrogen and oxygen atoms in total. The van der Waals surface area contributed by atoms with Crippen LogP contribution in [-0.2, 0) is 39.8 Å². The summed E-state index contributed by atoms with van der Waals surface area (Å²) in [5, 5.41) is 29.9. The second-order valence-corrected chi connectivity index (χ2v) is 14.4. The fraction of sp³-hybridized carbons (Fsp3) is 0.667. The number of aryl methyl sites for hydroxylation is 2. The van der Waals surface area contributed by atoms with Gasteiger partial charge in [-0.15, -0.1) is 11.3 Å². The molecule has 2 aromatic rings. The smallest absolute Gasteiger partial charge is 0.305 e. The Morgan fingerprint density at radius 3 is 2.08 bits per heavy atom. The van der Waals surface area contributed by atoms with Crippen molar-refractivity contribution in [1.82, 2.24) is 9.88 Å². The van der Waals surface area contributed by atoms with E-state index in [1.165, 1.54) is 4.90 Å². The number of ether oxygens (including phenoxy) is 4. The average molecular weight is 707 g/mol. The van der Waals surface area contributed by atoms with Crippen LogP contribution < -0.4 is 0 Å². The molecule has 2 heterocycles. The van der Waals surface area contributed by atoms with E-state index < -0.39 is 35.6 Å². The molecule has 49 heavy (non-hydrogen) atoms. The van der Waals surface area contributed by atoms with Gasteiger partial charge in [-0.1, -0.05) is 45.0 Å². The molecule has 0 bridgehead atoms. The summed E-state index contributed by atoms with van der Waals surface area (Å²) in [7, 11) is 0. The van der Waals surface area contributed by atoms with Crippen LogP contribution in [0, 0.1) is 18.3 Å². The van der Waals surface area contributed by atoms with E-state index in [9.17, 15) is 24.6 Å². The van der Waals surface area contributed by atoms with Crippen LogP contribution in [0.25, 0.3) is 10.4 Å². The van der Waals surface area contributed by atoms with E-state index in [4.69, 9.17) is 24.1 Å². The molecule has 13 heteroatoms. The summed E-state index contributed by atoms with van der Waals surface area (Å²) >= 11 is 1.60. The molecular formula is C36H54N2O10S. The zero-order valence-electron chi connectivity index (χ0n) is 29.3. The number of carbonyl (C=O) groups excluding carboxylic acids is 2. The molecule has 0 spiro atoms. The normalized spacial score (nSPS) is 17.7. The number of carbonyl (C=O) groups is 3. The fourth-order valence-electron chi connectivity index (χ4n) is 5.75. The van der Waals surface area contributed by atoms with Gasteiger partial charge in [-0.25, -0.2) is 4.98 Å². The third-order valence-electron chi connectivity index (χ3n) is 8.58. The fourth-order valence-corrected chi connectivity index (χ4v) is 6.57. The van der Waals surface area contributed by atoms with Crippen LogP contribution in [0.2, 0.25) is 0 Å². The number of aliphatic hydroxyl groups excluding tert-OH is 2. The van der Waals surface area contributed by atoms with Gasteiger partial charge in [0.1, 0.15) is 0 Å². The zero-order chi connectivity index (χ0) is 35.8. The van der Waals surface area contributed by atoms with Crippen LogP contribution in [-0.4, -0.2) is 121 Å². The van der Waals surface area contributed by atoms with Gasteiger partial charge >= 0.3 is 5.97 Å². The van der Waals surface area contributed by atoms with Crippen molar-refractivity contribution in [2.24, 2.45) is 11.3 Å². The summed E-state index contributed by atoms with van der Waals surface area (Å²) < 4.78 is 21.6. The van der Waals surface area contributed by atoms with Crippen molar-refractivity contribution < 1.29 is 48.7 Å². The minimum Gasteiger partial charge on any atom is -0.481 e. The number of benzene rings is 1. The SMILES string of the molecule is Cc1ncsc1-c1ccc(CCC(=O)[C@@H]2C[C@@H](O)CN2C(=O)[C@@H](CC(O)CCOCCOCCOCCOCCC(=O)O)C(C)(C)C)cc1. The van der Waals surface area contributed by atoms with Gasteiger partial charge in [-0.2, -0.15) is 0 Å². The highest BCUT2D eigenvalue weighted by atomic mass is 32.1. The van der Waals surface area contributed by atoms with Crippen LogP contribution in [0.1, 0.15) is 64.1 Å². The lowest BCUT2D eigenvalue weighted by Crippen LogP contribution is -2.47. The number of β-amino-alcohol motifs (C(OH)–C–C–N with tert-alkyl or cyclic N) is 1. The van der Waals surface area contributed by atoms with E-state index in [-0.39, 0.29) is 50.5 Å². The Labute approximate surface area is 293 Å². The maximum Gasteiger partial charge on any atom is 0.305 e. The predicted octanol–water partition coefficient (Wildman–Crippen LogP) is 3.93. The molecule has 274 valence electrons. The number of aliphatic hydroxyl groups is 2. The molecule has 0 aliphatic carbocycles. The van der Waals surface area contributed by atoms with Crippen LogP contribution in [0.15, 0.2) is 29.8 Å². The topological polar surface area (TPSA) is 165 Å². The Bertz CT molecular complexity index is 1300. The quantitative estimate of drug-likeness (QED) is 0.144. The summed E-state index contributed by atoms with van der Waals surface area (Å²) in [6.45, 7) is 10.6. The molecule has 3 rings (SSSR count). The van der Waals surface area contributed by atoms with Gasteiger partial charge in [0.05, 0.1) is 87.0 Å². The number of aliphatic carboxylic acids is 1. The molecule has 1 amide bonds. The Balaban J connectivity index is 1.38. The van der Waals surface area contributed by atoms with Crippen LogP contribution >= 0.6 is 11.3 Å². The highest BCUT2D eigenvalue weighted by Gasteiger charge is 2.44. The minimum atomic E-state index is -0.898. The number of ketones is 1. The van der Waals surface area contributed by atoms with Gasteiger partial charge in [-0.3, -0.25) is 14.4 Å². The summed E-state index contributed by atoms with van der Waals surface area (Å²) in [5.74, 6) is -1.72. The number of hydrogen-bond acceptors (Lipinski definition) is 11. The van der Waals surface area contributed by atoms with E-state index in [0.29, 0.717) is 59.1 Å². The number of aromatic nitrogens is 1. The Morgan fingerprint density at radius 2 is 1.53 bits per heavy atom. The maximum atomic E-state index is 13.9. The van der Waals surface area contributed by atoms with E-state index in [0.717, 1.165) is 21.7 Å². The molecule has 4 atom stereocenters. The monoisotopic (exact) mass is 706 g/mol. The molecule has 1 saturated heterocycles.